The van der Waals surface area contributed by atoms with Gasteiger partial charge in [0.15, 0.2) is 0 Å². The summed E-state index contributed by atoms with van der Waals surface area (Å²) in [4.78, 5) is 17.1. The normalized spacial score (nSPS) is 10.9. The lowest BCUT2D eigenvalue weighted by molar-refractivity contribution is 0.135. The Morgan fingerprint density at radius 1 is 0.727 bits per heavy atom. The highest BCUT2D eigenvalue weighted by molar-refractivity contribution is 5.53. The molecule has 0 aliphatic heterocycles. The molecule has 4 N–H and O–H groups in total. The number of carboxylic acid groups (broad SMARTS) is 4. The van der Waals surface area contributed by atoms with Crippen LogP contribution in [0, 0.1) is 0 Å². The predicted octanol–water partition coefficient (Wildman–Crippen LogP) is 1.62. The maximum absolute atomic E-state index is 8.56. The van der Waals surface area contributed by atoms with Crippen LogP contribution in [0.1, 0.15) is 19.3 Å². The van der Waals surface area contributed by atoms with Crippen molar-refractivity contribution in [1.29, 1.82) is 0 Å². The fourth-order valence-corrected chi connectivity index (χ4v) is 0. The van der Waals surface area contributed by atoms with E-state index in [2.05, 4.69) is 0 Å². The summed E-state index contributed by atoms with van der Waals surface area (Å²) in [6, 6.07) is 0. The van der Waals surface area contributed by atoms with Crippen LogP contribution in [0.5, 0.6) is 0 Å². The second-order valence-electron chi connectivity index (χ2n) is 1.63. The first-order valence-corrected chi connectivity index (χ1v) is 2.80. The van der Waals surface area contributed by atoms with Gasteiger partial charge in [0, 0.05) is 0 Å². The van der Waals surface area contributed by atoms with E-state index in [1.165, 1.54) is 19.3 Å². The Balaban J connectivity index is 0. The molecule has 0 heterocycles. The van der Waals surface area contributed by atoms with E-state index in [9.17, 15) is 0 Å². The van der Waals surface area contributed by atoms with Gasteiger partial charge in [0.25, 0.3) is 0 Å². The van der Waals surface area contributed by atoms with Crippen molar-refractivity contribution in [3.8, 4) is 0 Å². The standard InChI is InChI=1S/C3H6.2CH2O3/c1-2-3-1;2*2-1(3)4/h1-3H2;2*(H2,2,3,4). The van der Waals surface area contributed by atoms with Crippen LogP contribution in [0.2, 0.25) is 0 Å². The summed E-state index contributed by atoms with van der Waals surface area (Å²) in [5, 5.41) is 27.9. The largest absolute Gasteiger partial charge is 0.503 e. The van der Waals surface area contributed by atoms with Gasteiger partial charge in [0.05, 0.1) is 0 Å². The number of hydrogen-bond acceptors (Lipinski definition) is 2. The molecular weight excluding hydrogens is 156 g/mol. The molecular formula is C5H10O6. The van der Waals surface area contributed by atoms with Crippen molar-refractivity contribution >= 4 is 12.3 Å². The highest BCUT2D eigenvalue weighted by atomic mass is 16.6. The van der Waals surface area contributed by atoms with Crippen LogP contribution < -0.4 is 0 Å². The first-order chi connectivity index (χ1) is 4.96. The topological polar surface area (TPSA) is 115 Å². The number of rotatable bonds is 0. The summed E-state index contributed by atoms with van der Waals surface area (Å²) in [6.45, 7) is 0. The van der Waals surface area contributed by atoms with Crippen molar-refractivity contribution in [2.45, 2.75) is 19.3 Å². The average molecular weight is 166 g/mol. The van der Waals surface area contributed by atoms with E-state index < -0.39 is 12.3 Å². The van der Waals surface area contributed by atoms with Gasteiger partial charge >= 0.3 is 12.3 Å². The lowest BCUT2D eigenvalue weighted by Gasteiger charge is -1.60. The molecule has 66 valence electrons. The van der Waals surface area contributed by atoms with Gasteiger partial charge in [-0.15, -0.1) is 0 Å². The third kappa shape index (κ3) is 1730. The maximum atomic E-state index is 8.56. The van der Waals surface area contributed by atoms with Gasteiger partial charge in [-0.1, -0.05) is 19.3 Å². The van der Waals surface area contributed by atoms with Crippen LogP contribution >= 0.6 is 0 Å². The minimum absolute atomic E-state index is 1.50. The van der Waals surface area contributed by atoms with Crippen molar-refractivity contribution in [2.75, 3.05) is 0 Å². The summed E-state index contributed by atoms with van der Waals surface area (Å²) in [7, 11) is 0. The fraction of sp³-hybridized carbons (Fsp3) is 0.600. The molecule has 0 aromatic rings. The van der Waals surface area contributed by atoms with Crippen LogP contribution in [-0.2, 0) is 0 Å². The minimum Gasteiger partial charge on any atom is -0.450 e. The van der Waals surface area contributed by atoms with Crippen LogP contribution in [0.25, 0.3) is 0 Å². The molecule has 6 heteroatoms. The molecule has 0 amide bonds. The lowest BCUT2D eigenvalue weighted by atomic mass is 11.0. The monoisotopic (exact) mass is 166 g/mol. The molecule has 1 aliphatic rings. The van der Waals surface area contributed by atoms with Gasteiger partial charge < -0.3 is 20.4 Å². The molecule has 0 radical (unpaired) electrons. The molecule has 0 saturated heterocycles. The summed E-state index contributed by atoms with van der Waals surface area (Å²) < 4.78 is 0. The lowest BCUT2D eigenvalue weighted by Crippen LogP contribution is -1.81. The molecule has 1 rings (SSSR count). The van der Waals surface area contributed by atoms with Crippen molar-refractivity contribution in [1.82, 2.24) is 0 Å². The number of carbonyl (C=O) groups is 2. The zero-order valence-electron chi connectivity index (χ0n) is 5.73. The first-order valence-electron chi connectivity index (χ1n) is 2.80. The average Bonchev–Trinajstić information content (AvgIpc) is 2.36. The van der Waals surface area contributed by atoms with E-state index in [-0.39, 0.29) is 0 Å². The third-order valence-electron chi connectivity index (χ3n) is 0.354. The Morgan fingerprint density at radius 2 is 0.818 bits per heavy atom. The first kappa shape index (κ1) is 12.2. The van der Waals surface area contributed by atoms with E-state index in [0.29, 0.717) is 0 Å². The van der Waals surface area contributed by atoms with Gasteiger partial charge in [-0.05, 0) is 0 Å². The van der Waals surface area contributed by atoms with Gasteiger partial charge in [-0.25, -0.2) is 9.59 Å². The Labute approximate surface area is 62.7 Å². The zero-order chi connectivity index (χ0) is 9.28. The van der Waals surface area contributed by atoms with E-state index >= 15 is 0 Å². The zero-order valence-corrected chi connectivity index (χ0v) is 5.73. The molecule has 0 unspecified atom stereocenters. The van der Waals surface area contributed by atoms with Gasteiger partial charge in [-0.3, -0.25) is 0 Å². The Bertz CT molecular complexity index is 95.4. The Kier molecular flexibility index (Phi) is 9.50. The SMILES string of the molecule is C1CC1.O=C(O)O.O=C(O)O. The predicted molar refractivity (Wildman–Crippen MR) is 35.2 cm³/mol. The summed E-state index contributed by atoms with van der Waals surface area (Å²) in [5.41, 5.74) is 0. The van der Waals surface area contributed by atoms with E-state index in [1.807, 2.05) is 0 Å². The van der Waals surface area contributed by atoms with Gasteiger partial charge in [0.1, 0.15) is 0 Å². The van der Waals surface area contributed by atoms with Crippen molar-refractivity contribution in [2.24, 2.45) is 0 Å². The quantitative estimate of drug-likeness (QED) is 0.434. The summed E-state index contributed by atoms with van der Waals surface area (Å²) >= 11 is 0. The van der Waals surface area contributed by atoms with Crippen LogP contribution in [0.4, 0.5) is 9.59 Å². The molecule has 0 atom stereocenters. The molecule has 1 fully saturated rings. The number of hydrogen-bond donors (Lipinski definition) is 4. The second-order valence-corrected chi connectivity index (χ2v) is 1.63. The van der Waals surface area contributed by atoms with E-state index in [0.717, 1.165) is 0 Å². The van der Waals surface area contributed by atoms with E-state index in [1.54, 1.807) is 0 Å². The molecule has 1 aliphatic carbocycles. The molecule has 6 nitrogen and oxygen atoms in total. The van der Waals surface area contributed by atoms with Gasteiger partial charge in [-0.2, -0.15) is 0 Å². The molecule has 1 saturated carbocycles. The minimum atomic E-state index is -1.83. The Hall–Kier alpha value is -1.46. The van der Waals surface area contributed by atoms with Crippen LogP contribution in [0.15, 0.2) is 0 Å². The molecule has 0 spiro atoms. The van der Waals surface area contributed by atoms with Crippen LogP contribution in [0.3, 0.4) is 0 Å². The van der Waals surface area contributed by atoms with Crippen molar-refractivity contribution in [3.05, 3.63) is 0 Å². The maximum Gasteiger partial charge on any atom is 0.503 e. The molecule has 0 aromatic heterocycles. The van der Waals surface area contributed by atoms with Gasteiger partial charge in [0.2, 0.25) is 0 Å². The highest BCUT2D eigenvalue weighted by Crippen LogP contribution is 2.14. The molecule has 11 heavy (non-hydrogen) atoms. The van der Waals surface area contributed by atoms with Crippen LogP contribution in [-0.4, -0.2) is 32.7 Å². The smallest absolute Gasteiger partial charge is 0.450 e. The van der Waals surface area contributed by atoms with Crippen molar-refractivity contribution < 1.29 is 30.0 Å². The molecule has 0 aromatic carbocycles. The summed E-state index contributed by atoms with van der Waals surface area (Å²) in [6.07, 6.45) is 0.833. The molecule has 0 bridgehead atoms. The Morgan fingerprint density at radius 3 is 0.818 bits per heavy atom. The van der Waals surface area contributed by atoms with Crippen molar-refractivity contribution in [3.63, 3.8) is 0 Å². The summed E-state index contributed by atoms with van der Waals surface area (Å²) in [5.74, 6) is 0. The van der Waals surface area contributed by atoms with E-state index in [4.69, 9.17) is 30.0 Å². The fourth-order valence-electron chi connectivity index (χ4n) is 0. The third-order valence-corrected chi connectivity index (χ3v) is 0.354. The second kappa shape index (κ2) is 8.54. The highest BCUT2D eigenvalue weighted by Gasteiger charge is 1.95.